The van der Waals surface area contributed by atoms with Crippen LogP contribution in [0.4, 0.5) is 18.9 Å². The molecule has 1 aliphatic rings. The lowest BCUT2D eigenvalue weighted by Gasteiger charge is -2.15. The Hall–Kier alpha value is -2.28. The minimum Gasteiger partial charge on any atom is -0.268 e. The largest absolute Gasteiger partial charge is 0.446 e. The van der Waals surface area contributed by atoms with Gasteiger partial charge in [0.1, 0.15) is 0 Å². The van der Waals surface area contributed by atoms with E-state index in [2.05, 4.69) is 0 Å². The van der Waals surface area contributed by atoms with Crippen LogP contribution in [0.3, 0.4) is 0 Å². The van der Waals surface area contributed by atoms with Crippen LogP contribution >= 0.6 is 11.8 Å². The Morgan fingerprint density at radius 2 is 1.45 bits per heavy atom. The molecule has 112 valence electrons. The van der Waals surface area contributed by atoms with Crippen molar-refractivity contribution in [2.45, 2.75) is 10.4 Å². The third kappa shape index (κ3) is 2.59. The number of benzene rings is 2. The van der Waals surface area contributed by atoms with Gasteiger partial charge in [-0.15, -0.1) is 0 Å². The number of amides is 2. The van der Waals surface area contributed by atoms with Crippen LogP contribution in [0.5, 0.6) is 0 Å². The number of thioether (sulfide) groups is 1. The second-order valence-electron chi connectivity index (χ2n) is 4.54. The number of carbonyl (C=O) groups excluding carboxylic acids is 2. The Morgan fingerprint density at radius 3 is 2.00 bits per heavy atom. The minimum absolute atomic E-state index is 0.0819. The maximum Gasteiger partial charge on any atom is 0.446 e. The van der Waals surface area contributed by atoms with Crippen molar-refractivity contribution in [2.75, 3.05) is 4.90 Å². The van der Waals surface area contributed by atoms with E-state index in [9.17, 15) is 22.8 Å². The molecule has 0 unspecified atom stereocenters. The van der Waals surface area contributed by atoms with E-state index in [0.29, 0.717) is 0 Å². The first-order chi connectivity index (χ1) is 10.4. The molecule has 0 fully saturated rings. The second-order valence-corrected chi connectivity index (χ2v) is 5.67. The predicted molar refractivity (Wildman–Crippen MR) is 75.9 cm³/mol. The number of hydrogen-bond donors (Lipinski definition) is 0. The van der Waals surface area contributed by atoms with Gasteiger partial charge in [0, 0.05) is 4.90 Å². The lowest BCUT2D eigenvalue weighted by atomic mass is 10.1. The normalized spacial score (nSPS) is 14.4. The van der Waals surface area contributed by atoms with Crippen LogP contribution in [0.2, 0.25) is 0 Å². The zero-order chi connectivity index (χ0) is 15.9. The molecule has 0 saturated heterocycles. The zero-order valence-electron chi connectivity index (χ0n) is 10.9. The Morgan fingerprint density at radius 1 is 0.864 bits per heavy atom. The lowest BCUT2D eigenvalue weighted by molar-refractivity contribution is -0.0328. The first-order valence-electron chi connectivity index (χ1n) is 6.20. The second kappa shape index (κ2) is 5.17. The maximum atomic E-state index is 12.4. The van der Waals surface area contributed by atoms with Gasteiger partial charge >= 0.3 is 5.51 Å². The lowest BCUT2D eigenvalue weighted by Crippen LogP contribution is -2.29. The summed E-state index contributed by atoms with van der Waals surface area (Å²) in [4.78, 5) is 25.4. The predicted octanol–water partition coefficient (Wildman–Crippen LogP) is 4.10. The van der Waals surface area contributed by atoms with Crippen LogP contribution in [0.15, 0.2) is 53.4 Å². The molecule has 3 nitrogen and oxygen atoms in total. The van der Waals surface area contributed by atoms with Crippen LogP contribution in [0.1, 0.15) is 20.7 Å². The van der Waals surface area contributed by atoms with Crippen molar-refractivity contribution in [3.63, 3.8) is 0 Å². The first kappa shape index (κ1) is 14.6. The number of fused-ring (bicyclic) bond motifs is 1. The Balaban J connectivity index is 1.98. The standard InChI is InChI=1S/C15H8F3NO2S/c16-15(17,18)22-10-5-3-4-9(8-10)19-13(20)11-6-1-2-7-12(11)14(19)21/h1-8H. The quantitative estimate of drug-likeness (QED) is 0.617. The highest BCUT2D eigenvalue weighted by Crippen LogP contribution is 2.39. The van der Waals surface area contributed by atoms with E-state index in [1.807, 2.05) is 0 Å². The van der Waals surface area contributed by atoms with Gasteiger partial charge in [0.25, 0.3) is 11.8 Å². The van der Waals surface area contributed by atoms with Gasteiger partial charge < -0.3 is 0 Å². The van der Waals surface area contributed by atoms with Crippen molar-refractivity contribution >= 4 is 29.3 Å². The van der Waals surface area contributed by atoms with E-state index in [1.165, 1.54) is 36.4 Å². The number of nitrogens with zero attached hydrogens (tertiary/aromatic N) is 1. The molecular weight excluding hydrogens is 315 g/mol. The number of carbonyl (C=O) groups is 2. The van der Waals surface area contributed by atoms with Crippen molar-refractivity contribution in [1.29, 1.82) is 0 Å². The summed E-state index contributed by atoms with van der Waals surface area (Å²) in [6, 6.07) is 11.6. The van der Waals surface area contributed by atoms with Crippen molar-refractivity contribution in [3.8, 4) is 0 Å². The summed E-state index contributed by atoms with van der Waals surface area (Å²) in [5.74, 6) is -1.07. The number of imide groups is 1. The van der Waals surface area contributed by atoms with E-state index < -0.39 is 17.3 Å². The number of rotatable bonds is 2. The number of halogens is 3. The van der Waals surface area contributed by atoms with E-state index in [4.69, 9.17) is 0 Å². The molecule has 0 spiro atoms. The Kier molecular flexibility index (Phi) is 3.44. The van der Waals surface area contributed by atoms with Crippen molar-refractivity contribution in [2.24, 2.45) is 0 Å². The molecule has 0 N–H and O–H groups in total. The first-order valence-corrected chi connectivity index (χ1v) is 7.02. The fourth-order valence-electron chi connectivity index (χ4n) is 2.24. The number of hydrogen-bond acceptors (Lipinski definition) is 3. The van der Waals surface area contributed by atoms with Crippen molar-refractivity contribution in [1.82, 2.24) is 0 Å². The molecule has 0 saturated carbocycles. The minimum atomic E-state index is -4.43. The van der Waals surface area contributed by atoms with Crippen molar-refractivity contribution < 1.29 is 22.8 Å². The van der Waals surface area contributed by atoms with Gasteiger partial charge in [0.05, 0.1) is 16.8 Å². The van der Waals surface area contributed by atoms with Gasteiger partial charge in [-0.3, -0.25) is 9.59 Å². The van der Waals surface area contributed by atoms with Crippen LogP contribution in [0, 0.1) is 0 Å². The number of anilines is 1. The summed E-state index contributed by atoms with van der Waals surface area (Å²) in [5, 5.41) is 0. The van der Waals surface area contributed by atoms with Crippen LogP contribution in [-0.2, 0) is 0 Å². The molecule has 0 atom stereocenters. The average molecular weight is 323 g/mol. The van der Waals surface area contributed by atoms with E-state index in [1.54, 1.807) is 12.1 Å². The summed E-state index contributed by atoms with van der Waals surface area (Å²) >= 11 is -0.289. The van der Waals surface area contributed by atoms with Crippen molar-refractivity contribution in [3.05, 3.63) is 59.7 Å². The summed E-state index contributed by atoms with van der Waals surface area (Å²) in [7, 11) is 0. The highest BCUT2D eigenvalue weighted by Gasteiger charge is 2.36. The van der Waals surface area contributed by atoms with Gasteiger partial charge in [-0.2, -0.15) is 13.2 Å². The van der Waals surface area contributed by atoms with Gasteiger partial charge in [0.15, 0.2) is 0 Å². The molecule has 3 rings (SSSR count). The van der Waals surface area contributed by atoms with Gasteiger partial charge in [0.2, 0.25) is 0 Å². The highest BCUT2D eigenvalue weighted by molar-refractivity contribution is 8.00. The molecule has 0 radical (unpaired) electrons. The summed E-state index contributed by atoms with van der Waals surface area (Å²) in [6.45, 7) is 0. The van der Waals surface area contributed by atoms with E-state index in [-0.39, 0.29) is 33.5 Å². The zero-order valence-corrected chi connectivity index (χ0v) is 11.7. The molecule has 1 heterocycles. The molecular formula is C15H8F3NO2S. The smallest absolute Gasteiger partial charge is 0.268 e. The van der Waals surface area contributed by atoms with E-state index in [0.717, 1.165) is 4.90 Å². The Labute approximate surface area is 127 Å². The molecule has 2 aromatic carbocycles. The van der Waals surface area contributed by atoms with Gasteiger partial charge in [-0.1, -0.05) is 18.2 Å². The average Bonchev–Trinajstić information content (AvgIpc) is 2.70. The monoisotopic (exact) mass is 323 g/mol. The molecule has 0 aromatic heterocycles. The molecule has 7 heteroatoms. The molecule has 0 bridgehead atoms. The molecule has 0 aliphatic carbocycles. The molecule has 2 aromatic rings. The number of alkyl halides is 3. The van der Waals surface area contributed by atoms with Gasteiger partial charge in [-0.05, 0) is 42.1 Å². The van der Waals surface area contributed by atoms with Gasteiger partial charge in [-0.25, -0.2) is 4.90 Å². The maximum absolute atomic E-state index is 12.4. The van der Waals surface area contributed by atoms with Crippen LogP contribution in [-0.4, -0.2) is 17.3 Å². The topological polar surface area (TPSA) is 37.4 Å². The Bertz CT molecular complexity index is 738. The SMILES string of the molecule is O=C1c2ccccc2C(=O)N1c1cccc(SC(F)(F)F)c1. The van der Waals surface area contributed by atoms with E-state index >= 15 is 0 Å². The third-order valence-corrected chi connectivity index (χ3v) is 3.82. The summed E-state index contributed by atoms with van der Waals surface area (Å²) in [6.07, 6.45) is 0. The molecule has 1 aliphatic heterocycles. The molecule has 2 amide bonds. The van der Waals surface area contributed by atoms with Crippen LogP contribution < -0.4 is 4.90 Å². The fourth-order valence-corrected chi connectivity index (χ4v) is 2.84. The molecule has 22 heavy (non-hydrogen) atoms. The third-order valence-electron chi connectivity index (χ3n) is 3.10. The van der Waals surface area contributed by atoms with Crippen LogP contribution in [0.25, 0.3) is 0 Å². The summed E-state index contributed by atoms with van der Waals surface area (Å²) < 4.78 is 37.3. The summed E-state index contributed by atoms with van der Waals surface area (Å²) in [5.41, 5.74) is -3.80. The fraction of sp³-hybridized carbons (Fsp3) is 0.0667. The highest BCUT2D eigenvalue weighted by atomic mass is 32.2.